The topological polar surface area (TPSA) is 16.4 Å². The molecule has 0 N–H and O–H groups in total. The van der Waals surface area contributed by atoms with Crippen LogP contribution in [0, 0.1) is 0 Å². The van der Waals surface area contributed by atoms with E-state index in [-0.39, 0.29) is 11.3 Å². The first-order chi connectivity index (χ1) is 27.0. The Kier molecular flexibility index (Phi) is 7.17. The lowest BCUT2D eigenvalue weighted by Crippen LogP contribution is -2.15. The minimum absolute atomic E-state index is 0.0634. The number of furan rings is 1. The molecule has 0 saturated carbocycles. The van der Waals surface area contributed by atoms with Gasteiger partial charge in [-0.2, -0.15) is 0 Å². The summed E-state index contributed by atoms with van der Waals surface area (Å²) >= 11 is 1.87. The fourth-order valence-corrected chi connectivity index (χ4v) is 10.4. The van der Waals surface area contributed by atoms with E-state index in [0.717, 1.165) is 39.0 Å². The number of anilines is 3. The van der Waals surface area contributed by atoms with E-state index < -0.39 is 0 Å². The SMILES string of the molecule is CC1(C)c2ccccc2-c2ccc(C(c3ccc4c(c3)sc3ccccc34)c3cccc4c3oc3cccc(N(c5ccccc5)c5ccccc5)c34)cc21. The normalized spacial score (nSPS) is 13.7. The molecule has 1 unspecified atom stereocenters. The summed E-state index contributed by atoms with van der Waals surface area (Å²) < 4.78 is 9.69. The van der Waals surface area contributed by atoms with Crippen molar-refractivity contribution in [2.45, 2.75) is 25.2 Å². The average molecular weight is 724 g/mol. The van der Waals surface area contributed by atoms with Gasteiger partial charge < -0.3 is 9.32 Å². The number of nitrogens with zero attached hydrogens (tertiary/aromatic N) is 1. The van der Waals surface area contributed by atoms with Crippen LogP contribution in [0.5, 0.6) is 0 Å². The van der Waals surface area contributed by atoms with Gasteiger partial charge in [0, 0.05) is 53.8 Å². The minimum atomic E-state index is -0.111. The maximum absolute atomic E-state index is 7.07. The Morgan fingerprint density at radius 1 is 0.509 bits per heavy atom. The standard InChI is InChI=1S/C52H37NOS/c1-52(2)43-23-11-9-19-37(43)38-29-27-33(31-44(38)52)49(34-28-30-40-39-20-10-12-26-47(39)55-48(40)32-34)41-21-13-22-42-50-45(24-14-25-46(50)54-51(41)42)53(35-15-5-3-6-16-35)36-17-7-4-8-18-36/h3-32,49H,1-2H3. The lowest BCUT2D eigenvalue weighted by molar-refractivity contribution is 0.656. The molecule has 0 aliphatic heterocycles. The Morgan fingerprint density at radius 3 is 1.96 bits per heavy atom. The van der Waals surface area contributed by atoms with E-state index in [2.05, 4.69) is 201 Å². The lowest BCUT2D eigenvalue weighted by Gasteiger charge is -2.26. The van der Waals surface area contributed by atoms with Crippen molar-refractivity contribution < 1.29 is 4.42 Å². The molecule has 8 aromatic carbocycles. The Balaban J connectivity index is 1.16. The summed E-state index contributed by atoms with van der Waals surface area (Å²) in [5, 5.41) is 4.84. The molecule has 2 aromatic heterocycles. The summed E-state index contributed by atoms with van der Waals surface area (Å²) in [6, 6.07) is 66.4. The van der Waals surface area contributed by atoms with Crippen LogP contribution in [0.2, 0.25) is 0 Å². The van der Waals surface area contributed by atoms with Crippen LogP contribution in [-0.2, 0) is 5.41 Å². The van der Waals surface area contributed by atoms with Crippen molar-refractivity contribution in [1.82, 2.24) is 0 Å². The summed E-state index contributed by atoms with van der Waals surface area (Å²) in [7, 11) is 0. The molecule has 0 radical (unpaired) electrons. The lowest BCUT2D eigenvalue weighted by atomic mass is 9.78. The van der Waals surface area contributed by atoms with E-state index in [1.54, 1.807) is 0 Å². The van der Waals surface area contributed by atoms with E-state index in [9.17, 15) is 0 Å². The largest absolute Gasteiger partial charge is 0.456 e. The van der Waals surface area contributed by atoms with Crippen molar-refractivity contribution in [1.29, 1.82) is 0 Å². The summed E-state index contributed by atoms with van der Waals surface area (Å²) in [4.78, 5) is 2.34. The summed E-state index contributed by atoms with van der Waals surface area (Å²) in [6.07, 6.45) is 0. The van der Waals surface area contributed by atoms with Crippen LogP contribution < -0.4 is 4.90 Å². The molecule has 2 nitrogen and oxygen atoms in total. The van der Waals surface area contributed by atoms with Crippen LogP contribution in [0.4, 0.5) is 17.1 Å². The molecule has 1 atom stereocenters. The quantitative estimate of drug-likeness (QED) is 0.159. The third kappa shape index (κ3) is 4.93. The summed E-state index contributed by atoms with van der Waals surface area (Å²) in [5.41, 5.74) is 14.1. The van der Waals surface area contributed by atoms with Gasteiger partial charge >= 0.3 is 0 Å². The van der Waals surface area contributed by atoms with E-state index in [0.29, 0.717) is 0 Å². The van der Waals surface area contributed by atoms with E-state index in [4.69, 9.17) is 4.42 Å². The number of benzene rings is 8. The summed E-state index contributed by atoms with van der Waals surface area (Å²) in [6.45, 7) is 4.73. The van der Waals surface area contributed by atoms with Gasteiger partial charge in [-0.3, -0.25) is 0 Å². The zero-order valence-corrected chi connectivity index (χ0v) is 31.5. The average Bonchev–Trinajstić information content (AvgIpc) is 3.87. The fourth-order valence-electron chi connectivity index (χ4n) is 9.22. The second-order valence-corrected chi connectivity index (χ2v) is 16.3. The minimum Gasteiger partial charge on any atom is -0.456 e. The highest BCUT2D eigenvalue weighted by Crippen LogP contribution is 2.51. The van der Waals surface area contributed by atoms with Crippen molar-refractivity contribution in [3.63, 3.8) is 0 Å². The van der Waals surface area contributed by atoms with Crippen LogP contribution in [0.3, 0.4) is 0 Å². The maximum Gasteiger partial charge on any atom is 0.139 e. The second-order valence-electron chi connectivity index (χ2n) is 15.2. The smallest absolute Gasteiger partial charge is 0.139 e. The van der Waals surface area contributed by atoms with Crippen molar-refractivity contribution >= 4 is 70.5 Å². The molecule has 0 spiro atoms. The Labute approximate surface area is 324 Å². The molecular formula is C52H37NOS. The highest BCUT2D eigenvalue weighted by atomic mass is 32.1. The van der Waals surface area contributed by atoms with Gasteiger partial charge in [0.2, 0.25) is 0 Å². The highest BCUT2D eigenvalue weighted by Gasteiger charge is 2.36. The zero-order chi connectivity index (χ0) is 36.7. The molecule has 2 heterocycles. The third-order valence-electron chi connectivity index (χ3n) is 11.8. The molecule has 1 aliphatic rings. The monoisotopic (exact) mass is 723 g/mol. The predicted molar refractivity (Wildman–Crippen MR) is 233 cm³/mol. The van der Waals surface area contributed by atoms with Crippen LogP contribution >= 0.6 is 11.3 Å². The third-order valence-corrected chi connectivity index (χ3v) is 12.9. The van der Waals surface area contributed by atoms with E-state index >= 15 is 0 Å². The molecule has 11 rings (SSSR count). The number of thiophene rings is 1. The fraction of sp³-hybridized carbons (Fsp3) is 0.0769. The predicted octanol–water partition coefficient (Wildman–Crippen LogP) is 14.9. The number of fused-ring (bicyclic) bond motifs is 9. The molecule has 55 heavy (non-hydrogen) atoms. The maximum atomic E-state index is 7.07. The Morgan fingerprint density at radius 2 is 1.15 bits per heavy atom. The Hall–Kier alpha value is -6.42. The molecule has 10 aromatic rings. The van der Waals surface area contributed by atoms with Crippen molar-refractivity contribution in [2.75, 3.05) is 4.90 Å². The first-order valence-corrected chi connectivity index (χ1v) is 19.9. The van der Waals surface area contributed by atoms with Crippen LogP contribution in [0.25, 0.3) is 53.2 Å². The van der Waals surface area contributed by atoms with Crippen LogP contribution in [0.1, 0.15) is 47.6 Å². The first kappa shape index (κ1) is 32.0. The van der Waals surface area contributed by atoms with Gasteiger partial charge in [0.15, 0.2) is 0 Å². The molecular weight excluding hydrogens is 687 g/mol. The van der Waals surface area contributed by atoms with Gasteiger partial charge in [-0.1, -0.05) is 147 Å². The van der Waals surface area contributed by atoms with E-state index in [1.165, 1.54) is 59.1 Å². The van der Waals surface area contributed by atoms with Crippen LogP contribution in [0.15, 0.2) is 186 Å². The van der Waals surface area contributed by atoms with Gasteiger partial charge in [-0.05, 0) is 81.9 Å². The van der Waals surface area contributed by atoms with Gasteiger partial charge in [-0.25, -0.2) is 0 Å². The number of para-hydroxylation sites is 3. The first-order valence-electron chi connectivity index (χ1n) is 19.0. The Bertz CT molecular complexity index is 3040. The van der Waals surface area contributed by atoms with Crippen molar-refractivity contribution in [2.24, 2.45) is 0 Å². The van der Waals surface area contributed by atoms with E-state index in [1.807, 2.05) is 11.3 Å². The second kappa shape index (κ2) is 12.3. The van der Waals surface area contributed by atoms with Crippen molar-refractivity contribution in [3.8, 4) is 11.1 Å². The molecule has 0 saturated heterocycles. The number of hydrogen-bond donors (Lipinski definition) is 0. The molecule has 1 aliphatic carbocycles. The van der Waals surface area contributed by atoms with Gasteiger partial charge in [0.25, 0.3) is 0 Å². The van der Waals surface area contributed by atoms with Gasteiger partial charge in [-0.15, -0.1) is 11.3 Å². The van der Waals surface area contributed by atoms with Gasteiger partial charge in [0.1, 0.15) is 11.2 Å². The van der Waals surface area contributed by atoms with Crippen LogP contribution in [-0.4, -0.2) is 0 Å². The molecule has 0 bridgehead atoms. The molecule has 3 heteroatoms. The molecule has 0 fully saturated rings. The molecule has 0 amide bonds. The van der Waals surface area contributed by atoms with Crippen molar-refractivity contribution in [3.05, 3.63) is 210 Å². The zero-order valence-electron chi connectivity index (χ0n) is 30.7. The van der Waals surface area contributed by atoms with Gasteiger partial charge in [0.05, 0.1) is 11.1 Å². The number of rotatable bonds is 6. The number of hydrogen-bond acceptors (Lipinski definition) is 3. The molecule has 262 valence electrons. The highest BCUT2D eigenvalue weighted by molar-refractivity contribution is 7.25. The summed E-state index contributed by atoms with van der Waals surface area (Å²) in [5.74, 6) is -0.0634.